The molecule has 1 aromatic rings. The lowest BCUT2D eigenvalue weighted by atomic mass is 10.1. The zero-order chi connectivity index (χ0) is 10.1. The summed E-state index contributed by atoms with van der Waals surface area (Å²) in [4.78, 5) is 15.8. The number of rotatable bonds is 3. The van der Waals surface area contributed by atoms with Crippen LogP contribution >= 0.6 is 0 Å². The molecule has 4 N–H and O–H groups in total. The number of halogens is 2. The van der Waals surface area contributed by atoms with Crippen molar-refractivity contribution in [2.45, 2.75) is 12.0 Å². The number of hydrogen-bond donors (Lipinski definition) is 3. The number of aromatic nitrogens is 2. The van der Waals surface area contributed by atoms with Crippen molar-refractivity contribution in [2.75, 3.05) is 0 Å². The SMILES string of the molecule is N[C@@H](c1ncc[nH]1)C(F)(F)C(=O)O. The molecule has 0 spiro atoms. The summed E-state index contributed by atoms with van der Waals surface area (Å²) in [6.07, 6.45) is 2.50. The molecule has 0 aliphatic carbocycles. The lowest BCUT2D eigenvalue weighted by Crippen LogP contribution is -2.40. The fourth-order valence-corrected chi connectivity index (χ4v) is 0.752. The van der Waals surface area contributed by atoms with E-state index in [2.05, 4.69) is 9.97 Å². The first-order valence-corrected chi connectivity index (χ1v) is 3.32. The van der Waals surface area contributed by atoms with Crippen molar-refractivity contribution in [1.82, 2.24) is 9.97 Å². The van der Waals surface area contributed by atoms with Gasteiger partial charge in [-0.2, -0.15) is 8.78 Å². The van der Waals surface area contributed by atoms with Crippen molar-refractivity contribution < 1.29 is 18.7 Å². The Morgan fingerprint density at radius 3 is 2.77 bits per heavy atom. The van der Waals surface area contributed by atoms with Gasteiger partial charge in [-0.05, 0) is 0 Å². The third-order valence-corrected chi connectivity index (χ3v) is 1.49. The van der Waals surface area contributed by atoms with E-state index in [1.54, 1.807) is 0 Å². The standard InChI is InChI=1S/C6H7F2N3O2/c7-6(8,5(12)13)3(9)4-10-1-2-11-4/h1-3H,9H2,(H,10,11)(H,12,13)/t3-/m0/s1. The largest absolute Gasteiger partial charge is 0.477 e. The number of carboxylic acids is 1. The number of nitrogens with two attached hydrogens (primary N) is 1. The molecule has 1 heterocycles. The molecule has 1 rings (SSSR count). The van der Waals surface area contributed by atoms with Crippen LogP contribution in [-0.4, -0.2) is 27.0 Å². The van der Waals surface area contributed by atoms with Crippen LogP contribution in [0.25, 0.3) is 0 Å². The van der Waals surface area contributed by atoms with Crippen LogP contribution in [0.3, 0.4) is 0 Å². The van der Waals surface area contributed by atoms with E-state index in [0.29, 0.717) is 0 Å². The van der Waals surface area contributed by atoms with Crippen LogP contribution in [0.4, 0.5) is 8.78 Å². The van der Waals surface area contributed by atoms with Crippen LogP contribution in [-0.2, 0) is 4.79 Å². The Balaban J connectivity index is 2.90. The Morgan fingerprint density at radius 1 is 1.77 bits per heavy atom. The Hall–Kier alpha value is -1.50. The molecular weight excluding hydrogens is 184 g/mol. The number of nitrogens with zero attached hydrogens (tertiary/aromatic N) is 1. The Morgan fingerprint density at radius 2 is 2.38 bits per heavy atom. The lowest BCUT2D eigenvalue weighted by Gasteiger charge is -2.16. The monoisotopic (exact) mass is 191 g/mol. The predicted molar refractivity (Wildman–Crippen MR) is 38.1 cm³/mol. The maximum atomic E-state index is 12.7. The van der Waals surface area contributed by atoms with Gasteiger partial charge in [0.25, 0.3) is 0 Å². The number of H-pyrrole nitrogens is 1. The highest BCUT2D eigenvalue weighted by Gasteiger charge is 2.47. The number of nitrogens with one attached hydrogen (secondary N) is 1. The quantitative estimate of drug-likeness (QED) is 0.633. The van der Waals surface area contributed by atoms with E-state index in [4.69, 9.17) is 10.8 Å². The number of aliphatic carboxylic acids is 1. The average molecular weight is 191 g/mol. The Labute approximate surface area is 71.6 Å². The van der Waals surface area contributed by atoms with E-state index in [1.807, 2.05) is 0 Å². The summed E-state index contributed by atoms with van der Waals surface area (Å²) in [5.41, 5.74) is 4.99. The number of carboxylic acid groups (broad SMARTS) is 1. The van der Waals surface area contributed by atoms with E-state index in [9.17, 15) is 13.6 Å². The minimum Gasteiger partial charge on any atom is -0.477 e. The van der Waals surface area contributed by atoms with E-state index in [1.165, 1.54) is 12.4 Å². The summed E-state index contributed by atoms with van der Waals surface area (Å²) in [6.45, 7) is 0. The summed E-state index contributed by atoms with van der Waals surface area (Å²) >= 11 is 0. The first-order chi connectivity index (χ1) is 5.96. The Bertz CT molecular complexity index is 299. The molecule has 1 atom stereocenters. The molecule has 0 aromatic carbocycles. The van der Waals surface area contributed by atoms with Gasteiger partial charge in [-0.1, -0.05) is 0 Å². The van der Waals surface area contributed by atoms with Crippen molar-refractivity contribution in [3.05, 3.63) is 18.2 Å². The molecule has 0 amide bonds. The summed E-state index contributed by atoms with van der Waals surface area (Å²) < 4.78 is 25.4. The molecule has 0 saturated carbocycles. The number of imidazole rings is 1. The van der Waals surface area contributed by atoms with Crippen LogP contribution in [0, 0.1) is 0 Å². The molecule has 0 fully saturated rings. The van der Waals surface area contributed by atoms with Crippen LogP contribution in [0.2, 0.25) is 0 Å². The molecule has 0 saturated heterocycles. The Kier molecular flexibility index (Phi) is 2.28. The number of hydrogen-bond acceptors (Lipinski definition) is 3. The number of alkyl halides is 2. The van der Waals surface area contributed by atoms with Gasteiger partial charge in [-0.15, -0.1) is 0 Å². The summed E-state index contributed by atoms with van der Waals surface area (Å²) in [6, 6.07) is -1.96. The van der Waals surface area contributed by atoms with E-state index < -0.39 is 17.9 Å². The second-order valence-electron chi connectivity index (χ2n) is 2.38. The fourth-order valence-electron chi connectivity index (χ4n) is 0.752. The highest BCUT2D eigenvalue weighted by molar-refractivity contribution is 5.76. The summed E-state index contributed by atoms with van der Waals surface area (Å²) in [7, 11) is 0. The topological polar surface area (TPSA) is 92.0 Å². The van der Waals surface area contributed by atoms with Crippen LogP contribution in [0.5, 0.6) is 0 Å². The van der Waals surface area contributed by atoms with E-state index in [-0.39, 0.29) is 5.82 Å². The third kappa shape index (κ3) is 1.64. The molecule has 0 aliphatic heterocycles. The van der Waals surface area contributed by atoms with E-state index >= 15 is 0 Å². The number of aromatic amines is 1. The van der Waals surface area contributed by atoms with E-state index in [0.717, 1.165) is 0 Å². The molecule has 13 heavy (non-hydrogen) atoms. The zero-order valence-corrected chi connectivity index (χ0v) is 6.37. The van der Waals surface area contributed by atoms with Crippen molar-refractivity contribution in [2.24, 2.45) is 5.73 Å². The molecule has 72 valence electrons. The lowest BCUT2D eigenvalue weighted by molar-refractivity contribution is -0.168. The number of carbonyl (C=O) groups is 1. The second-order valence-corrected chi connectivity index (χ2v) is 2.38. The molecule has 5 nitrogen and oxygen atoms in total. The second kappa shape index (κ2) is 3.09. The molecule has 0 aliphatic rings. The van der Waals surface area contributed by atoms with Gasteiger partial charge < -0.3 is 15.8 Å². The van der Waals surface area contributed by atoms with Crippen molar-refractivity contribution in [3.8, 4) is 0 Å². The van der Waals surface area contributed by atoms with Gasteiger partial charge in [0.1, 0.15) is 11.9 Å². The van der Waals surface area contributed by atoms with Gasteiger partial charge in [0.05, 0.1) is 0 Å². The molecule has 1 aromatic heterocycles. The van der Waals surface area contributed by atoms with Crippen LogP contribution in [0.1, 0.15) is 11.9 Å². The van der Waals surface area contributed by atoms with Gasteiger partial charge in [-0.25, -0.2) is 9.78 Å². The average Bonchev–Trinajstić information content (AvgIpc) is 2.54. The third-order valence-electron chi connectivity index (χ3n) is 1.49. The van der Waals surface area contributed by atoms with Gasteiger partial charge in [-0.3, -0.25) is 0 Å². The van der Waals surface area contributed by atoms with Crippen molar-refractivity contribution in [1.29, 1.82) is 0 Å². The first-order valence-electron chi connectivity index (χ1n) is 3.32. The highest BCUT2D eigenvalue weighted by Crippen LogP contribution is 2.27. The van der Waals surface area contributed by atoms with Crippen LogP contribution < -0.4 is 5.73 Å². The predicted octanol–water partition coefficient (Wildman–Crippen LogP) is 0.129. The normalized spacial score (nSPS) is 14.1. The molecule has 0 unspecified atom stereocenters. The first kappa shape index (κ1) is 9.59. The fraction of sp³-hybridized carbons (Fsp3) is 0.333. The summed E-state index contributed by atoms with van der Waals surface area (Å²) in [5, 5.41) is 8.14. The van der Waals surface area contributed by atoms with Gasteiger partial charge >= 0.3 is 11.9 Å². The van der Waals surface area contributed by atoms with Gasteiger partial charge in [0, 0.05) is 12.4 Å². The maximum absolute atomic E-state index is 12.7. The maximum Gasteiger partial charge on any atom is 0.376 e. The summed E-state index contributed by atoms with van der Waals surface area (Å²) in [5.74, 6) is -6.54. The van der Waals surface area contributed by atoms with Crippen molar-refractivity contribution in [3.63, 3.8) is 0 Å². The van der Waals surface area contributed by atoms with Crippen molar-refractivity contribution >= 4 is 5.97 Å². The van der Waals surface area contributed by atoms with Crippen LogP contribution in [0.15, 0.2) is 12.4 Å². The highest BCUT2D eigenvalue weighted by atomic mass is 19.3. The molecule has 0 bridgehead atoms. The van der Waals surface area contributed by atoms with Gasteiger partial charge in [0.15, 0.2) is 0 Å². The molecule has 7 heteroatoms. The minimum atomic E-state index is -4.02. The molecular formula is C6H7F2N3O2. The zero-order valence-electron chi connectivity index (χ0n) is 6.37. The van der Waals surface area contributed by atoms with Gasteiger partial charge in [0.2, 0.25) is 0 Å². The minimum absolute atomic E-state index is 0.257. The molecule has 0 radical (unpaired) electrons. The smallest absolute Gasteiger partial charge is 0.376 e.